The van der Waals surface area contributed by atoms with Gasteiger partial charge in [-0.25, -0.2) is 0 Å². The summed E-state index contributed by atoms with van der Waals surface area (Å²) in [5.41, 5.74) is 0. The van der Waals surface area contributed by atoms with E-state index in [1.54, 1.807) is 11.3 Å². The zero-order valence-corrected chi connectivity index (χ0v) is 10.8. The van der Waals surface area contributed by atoms with E-state index in [0.717, 1.165) is 4.20 Å². The van der Waals surface area contributed by atoms with E-state index in [-0.39, 0.29) is 0 Å². The summed E-state index contributed by atoms with van der Waals surface area (Å²) in [4.78, 5) is 2.61. The van der Waals surface area contributed by atoms with E-state index in [1.807, 2.05) is 0 Å². The minimum absolute atomic E-state index is 0.885. The molecule has 0 atom stereocenters. The topological polar surface area (TPSA) is 0 Å². The van der Waals surface area contributed by atoms with Crippen LogP contribution in [0.3, 0.4) is 0 Å². The molecule has 0 aliphatic heterocycles. The van der Waals surface area contributed by atoms with Crippen molar-refractivity contribution in [1.82, 2.24) is 0 Å². The van der Waals surface area contributed by atoms with Gasteiger partial charge in [-0.3, -0.25) is 0 Å². The van der Waals surface area contributed by atoms with Gasteiger partial charge in [0.2, 0.25) is 0 Å². The van der Waals surface area contributed by atoms with Crippen molar-refractivity contribution in [2.45, 2.75) is 26.2 Å². The van der Waals surface area contributed by atoms with Crippen LogP contribution in [0, 0.1) is 0 Å². The Morgan fingerprint density at radius 3 is 3.00 bits per heavy atom. The molecule has 0 nitrogen and oxygen atoms in total. The molecule has 0 spiro atoms. The number of aryl methyl sites for hydroxylation is 1. The number of rotatable bonds is 4. The first kappa shape index (κ1) is 11.6. The molecule has 1 aromatic rings. The number of thiocarbonyl (C=S) groups is 1. The monoisotopic (exact) mass is 248 g/mol. The van der Waals surface area contributed by atoms with Crippen LogP contribution >= 0.6 is 46.0 Å². The van der Waals surface area contributed by atoms with E-state index in [0.29, 0.717) is 0 Å². The van der Waals surface area contributed by atoms with E-state index < -0.39 is 0 Å². The summed E-state index contributed by atoms with van der Waals surface area (Å²) in [6.45, 7) is 2.21. The van der Waals surface area contributed by atoms with E-state index in [2.05, 4.69) is 30.7 Å². The summed E-state index contributed by atoms with van der Waals surface area (Å²) in [6.07, 6.45) is 3.70. The van der Waals surface area contributed by atoms with Crippen LogP contribution < -0.4 is 0 Å². The molecule has 1 rings (SSSR count). The van der Waals surface area contributed by atoms with Crippen molar-refractivity contribution in [3.05, 3.63) is 21.9 Å². The number of hydrogen-bond acceptors (Lipinski definition) is 4. The van der Waals surface area contributed by atoms with Crippen molar-refractivity contribution in [2.75, 3.05) is 0 Å². The van der Waals surface area contributed by atoms with Crippen molar-refractivity contribution >= 4 is 50.2 Å². The number of thiol groups is 1. The third-order valence-corrected chi connectivity index (χ3v) is 4.92. The molecule has 0 N–H and O–H groups in total. The van der Waals surface area contributed by atoms with Crippen molar-refractivity contribution in [3.8, 4) is 0 Å². The molecule has 0 radical (unpaired) electrons. The molecule has 4 heteroatoms. The molecule has 0 saturated carbocycles. The molecule has 72 valence electrons. The Labute approximate surface area is 97.9 Å². The molecule has 0 saturated heterocycles. The summed E-state index contributed by atoms with van der Waals surface area (Å²) in [6, 6.07) is 4.27. The van der Waals surface area contributed by atoms with Gasteiger partial charge in [-0.2, -0.15) is 0 Å². The SMILES string of the molecule is CCCCc1ccc(C(=S)SS)s1. The first-order valence-electron chi connectivity index (χ1n) is 4.22. The van der Waals surface area contributed by atoms with E-state index in [4.69, 9.17) is 12.2 Å². The highest BCUT2D eigenvalue weighted by atomic mass is 33.1. The predicted octanol–water partition coefficient (Wildman–Crippen LogP) is 4.34. The maximum absolute atomic E-state index is 5.14. The minimum atomic E-state index is 0.885. The van der Waals surface area contributed by atoms with Crippen molar-refractivity contribution in [2.24, 2.45) is 0 Å². The molecule has 0 unspecified atom stereocenters. The van der Waals surface area contributed by atoms with E-state index in [1.165, 1.54) is 39.8 Å². The highest BCUT2D eigenvalue weighted by Crippen LogP contribution is 2.25. The molecule has 0 bridgehead atoms. The fourth-order valence-corrected chi connectivity index (χ4v) is 2.98. The second-order valence-corrected chi connectivity index (χ2v) is 5.72. The Kier molecular flexibility index (Phi) is 5.39. The summed E-state index contributed by atoms with van der Waals surface area (Å²) in [7, 11) is 1.35. The fraction of sp³-hybridized carbons (Fsp3) is 0.444. The third-order valence-electron chi connectivity index (χ3n) is 1.72. The molecular formula is C9H12S4. The maximum atomic E-state index is 5.14. The Morgan fingerprint density at radius 1 is 1.62 bits per heavy atom. The van der Waals surface area contributed by atoms with Gasteiger partial charge in [0, 0.05) is 4.88 Å². The normalized spacial score (nSPS) is 10.3. The van der Waals surface area contributed by atoms with Gasteiger partial charge in [-0.05, 0) is 35.8 Å². The zero-order valence-electron chi connectivity index (χ0n) is 7.45. The van der Waals surface area contributed by atoms with Gasteiger partial charge in [0.05, 0.1) is 9.07 Å². The molecule has 1 aromatic heterocycles. The van der Waals surface area contributed by atoms with Crippen LogP contribution in [0.15, 0.2) is 12.1 Å². The Balaban J connectivity index is 2.58. The molecular weight excluding hydrogens is 236 g/mol. The molecule has 1 heterocycles. The highest BCUT2D eigenvalue weighted by molar-refractivity contribution is 8.76. The lowest BCUT2D eigenvalue weighted by molar-refractivity contribution is 0.804. The molecule has 0 fully saturated rings. The quantitative estimate of drug-likeness (QED) is 0.478. The Bertz CT molecular complexity index is 277. The lowest BCUT2D eigenvalue weighted by Crippen LogP contribution is -1.80. The van der Waals surface area contributed by atoms with Crippen LogP contribution in [-0.2, 0) is 6.42 Å². The molecule has 0 aromatic carbocycles. The zero-order chi connectivity index (χ0) is 9.68. The minimum Gasteiger partial charge on any atom is -0.139 e. The number of thiophene rings is 1. The van der Waals surface area contributed by atoms with Crippen LogP contribution in [0.5, 0.6) is 0 Å². The average Bonchev–Trinajstić information content (AvgIpc) is 2.62. The average molecular weight is 248 g/mol. The maximum Gasteiger partial charge on any atom is 0.0982 e. The van der Waals surface area contributed by atoms with Gasteiger partial charge in [0.25, 0.3) is 0 Å². The molecule has 0 amide bonds. The van der Waals surface area contributed by atoms with Gasteiger partial charge in [-0.1, -0.05) is 25.6 Å². The Hall–Kier alpha value is 0.490. The van der Waals surface area contributed by atoms with Crippen molar-refractivity contribution in [1.29, 1.82) is 0 Å². The van der Waals surface area contributed by atoms with Gasteiger partial charge in [0.1, 0.15) is 0 Å². The van der Waals surface area contributed by atoms with Gasteiger partial charge in [0.15, 0.2) is 0 Å². The molecule has 0 aliphatic carbocycles. The second-order valence-electron chi connectivity index (χ2n) is 2.75. The molecule has 0 aliphatic rings. The van der Waals surface area contributed by atoms with Gasteiger partial charge in [-0.15, -0.1) is 23.0 Å². The number of hydrogen-bond donors (Lipinski definition) is 1. The van der Waals surface area contributed by atoms with Crippen molar-refractivity contribution < 1.29 is 0 Å². The first-order chi connectivity index (χ1) is 6.27. The second kappa shape index (κ2) is 6.06. The van der Waals surface area contributed by atoms with E-state index >= 15 is 0 Å². The summed E-state index contributed by atoms with van der Waals surface area (Å²) >= 11 is 11.0. The first-order valence-corrected chi connectivity index (χ1v) is 7.31. The highest BCUT2D eigenvalue weighted by Gasteiger charge is 2.04. The molecule has 13 heavy (non-hydrogen) atoms. The summed E-state index contributed by atoms with van der Waals surface area (Å²) < 4.78 is 0.885. The summed E-state index contributed by atoms with van der Waals surface area (Å²) in [5.74, 6) is 0. The van der Waals surface area contributed by atoms with Gasteiger partial charge < -0.3 is 0 Å². The summed E-state index contributed by atoms with van der Waals surface area (Å²) in [5, 5.41) is 0. The van der Waals surface area contributed by atoms with Crippen LogP contribution in [0.2, 0.25) is 0 Å². The largest absolute Gasteiger partial charge is 0.139 e. The van der Waals surface area contributed by atoms with E-state index in [9.17, 15) is 0 Å². The lowest BCUT2D eigenvalue weighted by atomic mass is 10.2. The number of unbranched alkanes of at least 4 members (excludes halogenated alkanes) is 1. The Morgan fingerprint density at radius 2 is 2.38 bits per heavy atom. The lowest BCUT2D eigenvalue weighted by Gasteiger charge is -1.93. The van der Waals surface area contributed by atoms with Crippen LogP contribution in [0.4, 0.5) is 0 Å². The third kappa shape index (κ3) is 3.62. The predicted molar refractivity (Wildman–Crippen MR) is 71.2 cm³/mol. The van der Waals surface area contributed by atoms with Crippen LogP contribution in [0.25, 0.3) is 0 Å². The van der Waals surface area contributed by atoms with Crippen LogP contribution in [-0.4, -0.2) is 4.20 Å². The van der Waals surface area contributed by atoms with Crippen LogP contribution in [0.1, 0.15) is 29.5 Å². The standard InChI is InChI=1S/C9H12S4/c1-2-3-4-7-5-6-8(12-7)9(10)13-11/h5-6,11H,2-4H2,1H3. The fourth-order valence-electron chi connectivity index (χ4n) is 1.02. The smallest absolute Gasteiger partial charge is 0.0982 e. The van der Waals surface area contributed by atoms with Gasteiger partial charge >= 0.3 is 0 Å². The van der Waals surface area contributed by atoms with Crippen molar-refractivity contribution in [3.63, 3.8) is 0 Å².